The zero-order valence-electron chi connectivity index (χ0n) is 26.7. The maximum atomic E-state index is 14.6. The third kappa shape index (κ3) is 8.60. The Hall–Kier alpha value is -4.43. The van der Waals surface area contributed by atoms with Gasteiger partial charge in [-0.25, -0.2) is 8.42 Å². The third-order valence-electron chi connectivity index (χ3n) is 7.94. The molecule has 0 spiro atoms. The SMILES string of the molecule is CC[C@@H](C)NC(=O)[C@@H](Cc1ccccc1)N(Cc1cccc(C)c1)C(=O)CN(c1ccc(C)cc1C)S(=O)(=O)c1ccccc1. The molecule has 2 atom stereocenters. The average molecular weight is 626 g/mol. The number of nitrogens with zero attached hydrogens (tertiary/aromatic N) is 2. The molecule has 0 bridgehead atoms. The normalized spacial score (nSPS) is 12.6. The summed E-state index contributed by atoms with van der Waals surface area (Å²) in [6.07, 6.45) is 1.00. The number of benzene rings is 4. The molecule has 8 heteroatoms. The van der Waals surface area contributed by atoms with Crippen molar-refractivity contribution in [3.63, 3.8) is 0 Å². The molecule has 1 N–H and O–H groups in total. The first-order valence-electron chi connectivity index (χ1n) is 15.3. The van der Waals surface area contributed by atoms with Crippen LogP contribution < -0.4 is 9.62 Å². The monoisotopic (exact) mass is 625 g/mol. The van der Waals surface area contributed by atoms with Gasteiger partial charge in [-0.3, -0.25) is 13.9 Å². The van der Waals surface area contributed by atoms with Crippen molar-refractivity contribution in [3.05, 3.63) is 131 Å². The number of carbonyl (C=O) groups excluding carboxylic acids is 2. The van der Waals surface area contributed by atoms with Crippen LogP contribution in [0.25, 0.3) is 0 Å². The highest BCUT2D eigenvalue weighted by molar-refractivity contribution is 7.92. The number of rotatable bonds is 13. The molecule has 0 aliphatic heterocycles. The van der Waals surface area contributed by atoms with E-state index in [1.54, 1.807) is 24.3 Å². The highest BCUT2D eigenvalue weighted by Gasteiger charge is 2.35. The molecule has 4 aromatic carbocycles. The molecule has 2 amide bonds. The van der Waals surface area contributed by atoms with Crippen LogP contribution in [-0.4, -0.2) is 43.8 Å². The molecular weight excluding hydrogens is 582 g/mol. The predicted octanol–water partition coefficient (Wildman–Crippen LogP) is 6.36. The fourth-order valence-electron chi connectivity index (χ4n) is 5.32. The zero-order chi connectivity index (χ0) is 32.6. The van der Waals surface area contributed by atoms with Crippen LogP contribution in [0.2, 0.25) is 0 Å². The summed E-state index contributed by atoms with van der Waals surface area (Å²) in [4.78, 5) is 30.2. The summed E-state index contributed by atoms with van der Waals surface area (Å²) in [6.45, 7) is 9.32. The van der Waals surface area contributed by atoms with Gasteiger partial charge in [-0.1, -0.05) is 103 Å². The molecule has 4 rings (SSSR count). The lowest BCUT2D eigenvalue weighted by Gasteiger charge is -2.34. The van der Waals surface area contributed by atoms with E-state index in [0.717, 1.165) is 34.2 Å². The number of nitrogens with one attached hydrogen (secondary N) is 1. The van der Waals surface area contributed by atoms with Gasteiger partial charge in [0.15, 0.2) is 0 Å². The maximum Gasteiger partial charge on any atom is 0.264 e. The van der Waals surface area contributed by atoms with E-state index in [-0.39, 0.29) is 29.8 Å². The molecule has 236 valence electrons. The summed E-state index contributed by atoms with van der Waals surface area (Å²) in [6, 6.07) is 30.0. The van der Waals surface area contributed by atoms with E-state index >= 15 is 0 Å². The van der Waals surface area contributed by atoms with Gasteiger partial charge in [0.25, 0.3) is 10.0 Å². The molecular formula is C37H43N3O4S. The Kier molecular flexibility index (Phi) is 11.2. The van der Waals surface area contributed by atoms with Crippen molar-refractivity contribution in [3.8, 4) is 0 Å². The minimum Gasteiger partial charge on any atom is -0.352 e. The van der Waals surface area contributed by atoms with Gasteiger partial charge in [0.05, 0.1) is 10.6 Å². The van der Waals surface area contributed by atoms with Crippen molar-refractivity contribution in [2.45, 2.75) is 71.0 Å². The highest BCUT2D eigenvalue weighted by Crippen LogP contribution is 2.28. The van der Waals surface area contributed by atoms with E-state index in [1.807, 2.05) is 101 Å². The quantitative estimate of drug-likeness (QED) is 0.187. The molecule has 0 saturated carbocycles. The van der Waals surface area contributed by atoms with Crippen LogP contribution >= 0.6 is 0 Å². The molecule has 0 saturated heterocycles. The second-order valence-electron chi connectivity index (χ2n) is 11.6. The van der Waals surface area contributed by atoms with Crippen LogP contribution in [0.1, 0.15) is 48.1 Å². The van der Waals surface area contributed by atoms with E-state index in [9.17, 15) is 18.0 Å². The lowest BCUT2D eigenvalue weighted by atomic mass is 10.0. The van der Waals surface area contributed by atoms with Crippen LogP contribution in [0, 0.1) is 20.8 Å². The summed E-state index contributed by atoms with van der Waals surface area (Å²) in [5.41, 5.74) is 4.88. The van der Waals surface area contributed by atoms with E-state index in [2.05, 4.69) is 5.32 Å². The Morgan fingerprint density at radius 3 is 2.02 bits per heavy atom. The standard InChI is InChI=1S/C37H43N3O4S/c1-6-30(5)38-37(42)35(24-31-15-9-7-10-16-31)39(25-32-17-13-14-27(2)23-32)36(41)26-40(34-21-20-28(3)22-29(34)4)45(43,44)33-18-11-8-12-19-33/h7-23,30,35H,6,24-26H2,1-5H3,(H,38,42)/t30-,35-/m1/s1. The highest BCUT2D eigenvalue weighted by atomic mass is 32.2. The first-order valence-corrected chi connectivity index (χ1v) is 16.8. The smallest absolute Gasteiger partial charge is 0.264 e. The predicted molar refractivity (Wildman–Crippen MR) is 180 cm³/mol. The van der Waals surface area contributed by atoms with Crippen molar-refractivity contribution in [1.82, 2.24) is 10.2 Å². The van der Waals surface area contributed by atoms with Gasteiger partial charge in [-0.15, -0.1) is 0 Å². The maximum absolute atomic E-state index is 14.6. The fourth-order valence-corrected chi connectivity index (χ4v) is 6.82. The summed E-state index contributed by atoms with van der Waals surface area (Å²) in [5.74, 6) is -0.755. The van der Waals surface area contributed by atoms with Crippen LogP contribution in [0.5, 0.6) is 0 Å². The van der Waals surface area contributed by atoms with Gasteiger partial charge in [-0.05, 0) is 69.0 Å². The lowest BCUT2D eigenvalue weighted by molar-refractivity contribution is -0.140. The molecule has 0 aromatic heterocycles. The molecule has 7 nitrogen and oxygen atoms in total. The van der Waals surface area contributed by atoms with E-state index in [4.69, 9.17) is 0 Å². The molecule has 0 radical (unpaired) electrons. The summed E-state index contributed by atoms with van der Waals surface area (Å²) < 4.78 is 29.5. The summed E-state index contributed by atoms with van der Waals surface area (Å²) in [5, 5.41) is 3.07. The van der Waals surface area contributed by atoms with Gasteiger partial charge >= 0.3 is 0 Å². The molecule has 45 heavy (non-hydrogen) atoms. The Morgan fingerprint density at radius 1 is 0.778 bits per heavy atom. The summed E-state index contributed by atoms with van der Waals surface area (Å²) in [7, 11) is -4.14. The van der Waals surface area contributed by atoms with E-state index in [0.29, 0.717) is 5.69 Å². The average Bonchev–Trinajstić information content (AvgIpc) is 3.02. The Labute approximate surface area is 268 Å². The minimum absolute atomic E-state index is 0.0818. The number of anilines is 1. The molecule has 0 fully saturated rings. The molecule has 0 heterocycles. The fraction of sp³-hybridized carbons (Fsp3) is 0.297. The number of hydrogen-bond donors (Lipinski definition) is 1. The van der Waals surface area contributed by atoms with Gasteiger partial charge in [0, 0.05) is 19.0 Å². The number of hydrogen-bond acceptors (Lipinski definition) is 4. The third-order valence-corrected chi connectivity index (χ3v) is 9.71. The minimum atomic E-state index is -4.14. The molecule has 0 aliphatic rings. The van der Waals surface area contributed by atoms with Crippen LogP contribution in [0.3, 0.4) is 0 Å². The van der Waals surface area contributed by atoms with Crippen LogP contribution in [0.4, 0.5) is 5.69 Å². The van der Waals surface area contributed by atoms with Gasteiger partial charge in [-0.2, -0.15) is 0 Å². The first kappa shape index (κ1) is 33.5. The Bertz CT molecular complexity index is 1710. The largest absolute Gasteiger partial charge is 0.352 e. The molecule has 0 aliphatic carbocycles. The Balaban J connectivity index is 1.83. The number of amides is 2. The zero-order valence-corrected chi connectivity index (χ0v) is 27.6. The van der Waals surface area contributed by atoms with Crippen molar-refractivity contribution in [1.29, 1.82) is 0 Å². The van der Waals surface area contributed by atoms with Crippen molar-refractivity contribution in [2.75, 3.05) is 10.8 Å². The first-order chi connectivity index (χ1) is 21.5. The van der Waals surface area contributed by atoms with Crippen molar-refractivity contribution < 1.29 is 18.0 Å². The van der Waals surface area contributed by atoms with Gasteiger partial charge in [0.1, 0.15) is 12.6 Å². The second-order valence-corrected chi connectivity index (χ2v) is 13.5. The number of aryl methyl sites for hydroxylation is 3. The van der Waals surface area contributed by atoms with Crippen LogP contribution in [-0.2, 0) is 32.6 Å². The van der Waals surface area contributed by atoms with E-state index < -0.39 is 28.5 Å². The van der Waals surface area contributed by atoms with Crippen molar-refractivity contribution >= 4 is 27.5 Å². The number of carbonyl (C=O) groups is 2. The summed E-state index contributed by atoms with van der Waals surface area (Å²) >= 11 is 0. The van der Waals surface area contributed by atoms with Crippen molar-refractivity contribution in [2.24, 2.45) is 0 Å². The molecule has 4 aromatic rings. The number of sulfonamides is 1. The van der Waals surface area contributed by atoms with Crippen LogP contribution in [0.15, 0.2) is 108 Å². The molecule has 0 unspecified atom stereocenters. The van der Waals surface area contributed by atoms with Gasteiger partial charge < -0.3 is 10.2 Å². The van der Waals surface area contributed by atoms with Gasteiger partial charge in [0.2, 0.25) is 11.8 Å². The Morgan fingerprint density at radius 2 is 1.40 bits per heavy atom. The topological polar surface area (TPSA) is 86.8 Å². The second kappa shape index (κ2) is 15.0. The lowest BCUT2D eigenvalue weighted by Crippen LogP contribution is -2.54. The van der Waals surface area contributed by atoms with E-state index in [1.165, 1.54) is 21.3 Å².